The Morgan fingerprint density at radius 3 is 1.47 bits per heavy atom. The molecule has 0 aliphatic rings. The van der Waals surface area contributed by atoms with Gasteiger partial charge in [-0.05, 0) is 19.3 Å². The van der Waals surface area contributed by atoms with Gasteiger partial charge in [0.15, 0.2) is 0 Å². The summed E-state index contributed by atoms with van der Waals surface area (Å²) < 4.78 is 5.19. The molecular weight excluding hydrogens is 374 g/mol. The lowest BCUT2D eigenvalue weighted by atomic mass is 10.1. The van der Waals surface area contributed by atoms with Crippen LogP contribution in [0.5, 0.6) is 0 Å². The van der Waals surface area contributed by atoms with Crippen molar-refractivity contribution in [1.29, 1.82) is 0 Å². The van der Waals surface area contributed by atoms with Crippen LogP contribution < -0.4 is 0 Å². The molecule has 4 heteroatoms. The molecule has 178 valence electrons. The van der Waals surface area contributed by atoms with E-state index in [0.717, 1.165) is 38.8 Å². The van der Waals surface area contributed by atoms with E-state index < -0.39 is 0 Å². The highest BCUT2D eigenvalue weighted by Crippen LogP contribution is 2.11. The van der Waals surface area contributed by atoms with Gasteiger partial charge < -0.3 is 9.64 Å². The summed E-state index contributed by atoms with van der Waals surface area (Å²) in [5.41, 5.74) is 0. The van der Waals surface area contributed by atoms with Gasteiger partial charge in [-0.3, -0.25) is 9.59 Å². The molecule has 0 aliphatic heterocycles. The SMILES string of the molecule is CCCCCCCCCN(CCCCCCCCC)C(=O)CCC(=O)OCCCC. The fraction of sp³-hybridized carbons (Fsp3) is 0.923. The van der Waals surface area contributed by atoms with E-state index in [-0.39, 0.29) is 24.7 Å². The first-order chi connectivity index (χ1) is 14.7. The maximum absolute atomic E-state index is 12.7. The van der Waals surface area contributed by atoms with Gasteiger partial charge in [0.1, 0.15) is 0 Å². The summed E-state index contributed by atoms with van der Waals surface area (Å²) in [5.74, 6) is -0.108. The Balaban J connectivity index is 4.19. The molecule has 4 nitrogen and oxygen atoms in total. The number of esters is 1. The highest BCUT2D eigenvalue weighted by molar-refractivity contribution is 5.81. The van der Waals surface area contributed by atoms with E-state index in [4.69, 9.17) is 4.74 Å². The van der Waals surface area contributed by atoms with E-state index in [1.807, 2.05) is 4.90 Å². The fourth-order valence-electron chi connectivity index (χ4n) is 3.65. The van der Waals surface area contributed by atoms with Crippen LogP contribution in [0.4, 0.5) is 0 Å². The molecule has 0 bridgehead atoms. The van der Waals surface area contributed by atoms with E-state index in [0.29, 0.717) is 6.61 Å². The number of rotatable bonds is 22. The second-order valence-corrected chi connectivity index (χ2v) is 8.70. The number of hydrogen-bond acceptors (Lipinski definition) is 3. The summed E-state index contributed by atoms with van der Waals surface area (Å²) in [4.78, 5) is 26.5. The third kappa shape index (κ3) is 18.9. The van der Waals surface area contributed by atoms with Gasteiger partial charge in [-0.1, -0.05) is 104 Å². The van der Waals surface area contributed by atoms with E-state index >= 15 is 0 Å². The summed E-state index contributed by atoms with van der Waals surface area (Å²) in [6, 6.07) is 0. The Hall–Kier alpha value is -1.06. The molecular formula is C26H51NO3. The van der Waals surface area contributed by atoms with Crippen molar-refractivity contribution in [2.75, 3.05) is 19.7 Å². The van der Waals surface area contributed by atoms with Crippen molar-refractivity contribution in [1.82, 2.24) is 4.90 Å². The van der Waals surface area contributed by atoms with Gasteiger partial charge in [0.2, 0.25) is 5.91 Å². The highest BCUT2D eigenvalue weighted by atomic mass is 16.5. The molecule has 0 aromatic heterocycles. The van der Waals surface area contributed by atoms with E-state index in [9.17, 15) is 9.59 Å². The van der Waals surface area contributed by atoms with Gasteiger partial charge in [0, 0.05) is 19.5 Å². The van der Waals surface area contributed by atoms with E-state index in [1.54, 1.807) is 0 Å². The Morgan fingerprint density at radius 2 is 1.00 bits per heavy atom. The molecule has 30 heavy (non-hydrogen) atoms. The average Bonchev–Trinajstić information content (AvgIpc) is 2.75. The molecule has 0 fully saturated rings. The fourth-order valence-corrected chi connectivity index (χ4v) is 3.65. The summed E-state index contributed by atoms with van der Waals surface area (Å²) in [6.07, 6.45) is 20.0. The van der Waals surface area contributed by atoms with Gasteiger partial charge in [0.25, 0.3) is 0 Å². The molecule has 0 saturated heterocycles. The second-order valence-electron chi connectivity index (χ2n) is 8.70. The molecule has 0 N–H and O–H groups in total. The Kier molecular flexibility index (Phi) is 21.8. The van der Waals surface area contributed by atoms with Crippen LogP contribution in [0, 0.1) is 0 Å². The maximum atomic E-state index is 12.7. The van der Waals surface area contributed by atoms with Crippen LogP contribution in [0.25, 0.3) is 0 Å². The van der Waals surface area contributed by atoms with Crippen molar-refractivity contribution in [3.63, 3.8) is 0 Å². The first-order valence-corrected chi connectivity index (χ1v) is 13.1. The van der Waals surface area contributed by atoms with Gasteiger partial charge in [0.05, 0.1) is 13.0 Å². The lowest BCUT2D eigenvalue weighted by molar-refractivity contribution is -0.146. The van der Waals surface area contributed by atoms with Crippen LogP contribution in [-0.2, 0) is 14.3 Å². The molecule has 0 saturated carbocycles. The van der Waals surface area contributed by atoms with Gasteiger partial charge >= 0.3 is 5.97 Å². The second kappa shape index (κ2) is 22.6. The number of carbonyl (C=O) groups is 2. The summed E-state index contributed by atoms with van der Waals surface area (Å²) in [6.45, 7) is 8.71. The summed E-state index contributed by atoms with van der Waals surface area (Å²) in [5, 5.41) is 0. The predicted octanol–water partition coefficient (Wildman–Crippen LogP) is 7.44. The lowest BCUT2D eigenvalue weighted by Crippen LogP contribution is -2.33. The minimum absolute atomic E-state index is 0.124. The number of nitrogens with zero attached hydrogens (tertiary/aromatic N) is 1. The molecule has 0 aliphatic carbocycles. The quantitative estimate of drug-likeness (QED) is 0.134. The number of carbonyl (C=O) groups excluding carboxylic acids is 2. The molecule has 0 atom stereocenters. The number of unbranched alkanes of at least 4 members (excludes halogenated alkanes) is 13. The lowest BCUT2D eigenvalue weighted by Gasteiger charge is -2.23. The van der Waals surface area contributed by atoms with Crippen molar-refractivity contribution in [2.45, 2.75) is 136 Å². The molecule has 0 radical (unpaired) electrons. The van der Waals surface area contributed by atoms with Crippen LogP contribution in [0.3, 0.4) is 0 Å². The zero-order valence-electron chi connectivity index (χ0n) is 20.5. The zero-order chi connectivity index (χ0) is 22.3. The monoisotopic (exact) mass is 425 g/mol. The van der Waals surface area contributed by atoms with Crippen LogP contribution in [0.15, 0.2) is 0 Å². The number of amides is 1. The van der Waals surface area contributed by atoms with Crippen molar-refractivity contribution >= 4 is 11.9 Å². The summed E-state index contributed by atoms with van der Waals surface area (Å²) in [7, 11) is 0. The van der Waals surface area contributed by atoms with E-state index in [2.05, 4.69) is 20.8 Å². The molecule has 0 rings (SSSR count). The molecule has 0 heterocycles. The molecule has 0 aromatic rings. The van der Waals surface area contributed by atoms with Crippen molar-refractivity contribution in [2.24, 2.45) is 0 Å². The van der Waals surface area contributed by atoms with Gasteiger partial charge in [-0.25, -0.2) is 0 Å². The molecule has 0 aromatic carbocycles. The first-order valence-electron chi connectivity index (χ1n) is 13.1. The molecule has 1 amide bonds. The normalized spacial score (nSPS) is 10.9. The van der Waals surface area contributed by atoms with Gasteiger partial charge in [-0.15, -0.1) is 0 Å². The molecule has 0 unspecified atom stereocenters. The largest absolute Gasteiger partial charge is 0.466 e. The standard InChI is InChI=1S/C26H51NO3/c1-4-7-10-12-14-16-18-22-27(23-19-17-15-13-11-8-5-2)25(28)20-21-26(29)30-24-9-6-3/h4-24H2,1-3H3. The van der Waals surface area contributed by atoms with Crippen LogP contribution >= 0.6 is 0 Å². The maximum Gasteiger partial charge on any atom is 0.306 e. The van der Waals surface area contributed by atoms with Crippen molar-refractivity contribution in [3.8, 4) is 0 Å². The number of ether oxygens (including phenoxy) is 1. The zero-order valence-corrected chi connectivity index (χ0v) is 20.5. The minimum Gasteiger partial charge on any atom is -0.466 e. The first kappa shape index (κ1) is 28.9. The Bertz CT molecular complexity index is 380. The van der Waals surface area contributed by atoms with Gasteiger partial charge in [-0.2, -0.15) is 0 Å². The number of hydrogen-bond donors (Lipinski definition) is 0. The Labute approximate surface area is 187 Å². The predicted molar refractivity (Wildman–Crippen MR) is 128 cm³/mol. The van der Waals surface area contributed by atoms with Crippen LogP contribution in [-0.4, -0.2) is 36.5 Å². The minimum atomic E-state index is -0.233. The Morgan fingerprint density at radius 1 is 0.567 bits per heavy atom. The third-order valence-electron chi connectivity index (χ3n) is 5.72. The smallest absolute Gasteiger partial charge is 0.306 e. The highest BCUT2D eigenvalue weighted by Gasteiger charge is 2.15. The molecule has 0 spiro atoms. The third-order valence-corrected chi connectivity index (χ3v) is 5.72. The van der Waals surface area contributed by atoms with E-state index in [1.165, 1.54) is 77.0 Å². The van der Waals surface area contributed by atoms with Crippen molar-refractivity contribution < 1.29 is 14.3 Å². The topological polar surface area (TPSA) is 46.6 Å². The van der Waals surface area contributed by atoms with Crippen molar-refractivity contribution in [3.05, 3.63) is 0 Å². The summed E-state index contributed by atoms with van der Waals surface area (Å²) >= 11 is 0. The average molecular weight is 426 g/mol. The van der Waals surface area contributed by atoms with Crippen LogP contribution in [0.2, 0.25) is 0 Å². The van der Waals surface area contributed by atoms with Crippen LogP contribution in [0.1, 0.15) is 136 Å².